The van der Waals surface area contributed by atoms with E-state index < -0.39 is 16.0 Å². The first-order valence-electron chi connectivity index (χ1n) is 8.22. The zero-order chi connectivity index (χ0) is 19.8. The van der Waals surface area contributed by atoms with Gasteiger partial charge in [-0.15, -0.1) is 0 Å². The molecule has 0 unspecified atom stereocenters. The molecule has 1 aliphatic rings. The van der Waals surface area contributed by atoms with Gasteiger partial charge in [-0.3, -0.25) is 4.79 Å². The quantitative estimate of drug-likeness (QED) is 0.777. The maximum Gasteiger partial charge on any atom is 0.340 e. The van der Waals surface area contributed by atoms with Gasteiger partial charge in [0.15, 0.2) is 0 Å². The number of rotatable bonds is 5. The van der Waals surface area contributed by atoms with E-state index in [4.69, 9.17) is 8.94 Å². The minimum Gasteiger partial charge on any atom is -0.478 e. The molecule has 146 valence electrons. The first kappa shape index (κ1) is 19.1. The lowest BCUT2D eigenvalue weighted by atomic mass is 10.2. The van der Waals surface area contributed by atoms with E-state index in [0.29, 0.717) is 5.69 Å². The number of aromatic nitrogens is 1. The molecule has 0 aliphatic carbocycles. The summed E-state index contributed by atoms with van der Waals surface area (Å²) in [4.78, 5) is 25.0. The molecular formula is C16H19N3O7S. The average molecular weight is 397 g/mol. The van der Waals surface area contributed by atoms with Crippen LogP contribution in [0.2, 0.25) is 0 Å². The van der Waals surface area contributed by atoms with Gasteiger partial charge >= 0.3 is 5.97 Å². The fourth-order valence-corrected chi connectivity index (χ4v) is 4.92. The monoisotopic (exact) mass is 397 g/mol. The number of carboxylic acid groups (broad SMARTS) is 1. The molecule has 2 aromatic heterocycles. The molecule has 10 nitrogen and oxygen atoms in total. The lowest BCUT2D eigenvalue weighted by Gasteiger charge is -2.33. The molecular weight excluding hydrogens is 378 g/mol. The zero-order valence-corrected chi connectivity index (χ0v) is 15.7. The van der Waals surface area contributed by atoms with Gasteiger partial charge in [-0.05, 0) is 13.8 Å². The number of furan rings is 1. The molecule has 3 rings (SSSR count). The van der Waals surface area contributed by atoms with E-state index in [2.05, 4.69) is 5.16 Å². The van der Waals surface area contributed by atoms with Gasteiger partial charge in [-0.1, -0.05) is 5.16 Å². The van der Waals surface area contributed by atoms with Crippen molar-refractivity contribution in [1.29, 1.82) is 0 Å². The van der Waals surface area contributed by atoms with Crippen LogP contribution >= 0.6 is 0 Å². The number of aryl methyl sites for hydroxylation is 2. The summed E-state index contributed by atoms with van der Waals surface area (Å²) in [5.41, 5.74) is 0.155. The van der Waals surface area contributed by atoms with Gasteiger partial charge in [0, 0.05) is 32.2 Å². The van der Waals surface area contributed by atoms with Crippen molar-refractivity contribution in [3.05, 3.63) is 35.1 Å². The average Bonchev–Trinajstić information content (AvgIpc) is 3.22. The number of nitrogens with zero attached hydrogens (tertiary/aromatic N) is 3. The Hall–Kier alpha value is -2.66. The Morgan fingerprint density at radius 2 is 1.85 bits per heavy atom. The highest BCUT2D eigenvalue weighted by molar-refractivity contribution is 7.89. The van der Waals surface area contributed by atoms with Crippen molar-refractivity contribution in [3.63, 3.8) is 0 Å². The molecule has 0 atom stereocenters. The van der Waals surface area contributed by atoms with Gasteiger partial charge in [-0.2, -0.15) is 4.31 Å². The molecule has 0 radical (unpaired) electrons. The van der Waals surface area contributed by atoms with E-state index in [1.165, 1.54) is 24.4 Å². The van der Waals surface area contributed by atoms with Crippen LogP contribution in [-0.2, 0) is 21.2 Å². The SMILES string of the molecule is Cc1oc(C)c(S(=O)(=O)N2CCN(C(=O)Cc3ccon3)CC2)c1C(=O)O. The fraction of sp³-hybridized carbons (Fsp3) is 0.438. The highest BCUT2D eigenvalue weighted by atomic mass is 32.2. The number of aromatic carboxylic acids is 1. The lowest BCUT2D eigenvalue weighted by Crippen LogP contribution is -2.51. The third-order valence-corrected chi connectivity index (χ3v) is 6.48. The van der Waals surface area contributed by atoms with Crippen molar-refractivity contribution < 1.29 is 32.1 Å². The lowest BCUT2D eigenvalue weighted by molar-refractivity contribution is -0.131. The summed E-state index contributed by atoms with van der Waals surface area (Å²) in [6.07, 6.45) is 1.45. The smallest absolute Gasteiger partial charge is 0.340 e. The summed E-state index contributed by atoms with van der Waals surface area (Å²) < 4.78 is 37.0. The molecule has 3 heterocycles. The molecule has 0 saturated carbocycles. The largest absolute Gasteiger partial charge is 0.478 e. The third kappa shape index (κ3) is 3.60. The maximum atomic E-state index is 13.0. The molecule has 1 amide bonds. The normalized spacial score (nSPS) is 15.9. The van der Waals surface area contributed by atoms with Crippen molar-refractivity contribution in [2.75, 3.05) is 26.2 Å². The van der Waals surface area contributed by atoms with Gasteiger partial charge in [-0.25, -0.2) is 13.2 Å². The Kier molecular flexibility index (Phi) is 5.07. The molecule has 27 heavy (non-hydrogen) atoms. The van der Waals surface area contributed by atoms with Gasteiger partial charge < -0.3 is 18.9 Å². The second-order valence-corrected chi connectivity index (χ2v) is 8.05. The Bertz CT molecular complexity index is 955. The summed E-state index contributed by atoms with van der Waals surface area (Å²) in [7, 11) is -4.05. The Labute approximate surface area is 155 Å². The van der Waals surface area contributed by atoms with Gasteiger partial charge in [0.1, 0.15) is 28.2 Å². The second-order valence-electron chi connectivity index (χ2n) is 6.18. The number of hydrogen-bond donors (Lipinski definition) is 1. The summed E-state index contributed by atoms with van der Waals surface area (Å²) in [5, 5.41) is 13.0. The molecule has 0 spiro atoms. The first-order valence-corrected chi connectivity index (χ1v) is 9.66. The summed E-state index contributed by atoms with van der Waals surface area (Å²) >= 11 is 0. The predicted molar refractivity (Wildman–Crippen MR) is 90.7 cm³/mol. The van der Waals surface area contributed by atoms with Crippen LogP contribution in [-0.4, -0.2) is 65.9 Å². The van der Waals surface area contributed by atoms with Crippen LogP contribution in [0.3, 0.4) is 0 Å². The van der Waals surface area contributed by atoms with Crippen LogP contribution in [0.5, 0.6) is 0 Å². The predicted octanol–water partition coefficient (Wildman–Crippen LogP) is 0.658. The summed E-state index contributed by atoms with van der Waals surface area (Å²) in [5.74, 6) is -1.46. The summed E-state index contributed by atoms with van der Waals surface area (Å²) in [6, 6.07) is 1.59. The fourth-order valence-electron chi connectivity index (χ4n) is 3.12. The zero-order valence-electron chi connectivity index (χ0n) is 14.8. The Morgan fingerprint density at radius 1 is 1.19 bits per heavy atom. The van der Waals surface area contributed by atoms with Gasteiger partial charge in [0.25, 0.3) is 0 Å². The minimum atomic E-state index is -4.05. The molecule has 2 aromatic rings. The third-order valence-electron chi connectivity index (χ3n) is 4.43. The van der Waals surface area contributed by atoms with Crippen molar-refractivity contribution in [2.45, 2.75) is 25.2 Å². The van der Waals surface area contributed by atoms with Crippen molar-refractivity contribution >= 4 is 21.9 Å². The highest BCUT2D eigenvalue weighted by Crippen LogP contribution is 2.29. The second kappa shape index (κ2) is 7.16. The first-order chi connectivity index (χ1) is 12.7. The number of carboxylic acids is 1. The number of carbonyl (C=O) groups excluding carboxylic acids is 1. The van der Waals surface area contributed by atoms with E-state index in [0.717, 1.165) is 0 Å². The van der Waals surface area contributed by atoms with Crippen LogP contribution in [0.1, 0.15) is 27.6 Å². The van der Waals surface area contributed by atoms with Gasteiger partial charge in [0.2, 0.25) is 15.9 Å². The van der Waals surface area contributed by atoms with Crippen LogP contribution in [0.15, 0.2) is 26.2 Å². The van der Waals surface area contributed by atoms with Crippen LogP contribution in [0.25, 0.3) is 0 Å². The molecule has 0 aromatic carbocycles. The Morgan fingerprint density at radius 3 is 2.41 bits per heavy atom. The number of carbonyl (C=O) groups is 2. The van der Waals surface area contributed by atoms with E-state index in [-0.39, 0.29) is 60.5 Å². The highest BCUT2D eigenvalue weighted by Gasteiger charge is 2.37. The van der Waals surface area contributed by atoms with E-state index >= 15 is 0 Å². The topological polar surface area (TPSA) is 134 Å². The molecule has 1 saturated heterocycles. The standard InChI is InChI=1S/C16H19N3O7S/c1-10-14(16(21)22)15(11(2)26-10)27(23,24)19-6-4-18(5-7-19)13(20)9-12-3-8-25-17-12/h3,8H,4-7,9H2,1-2H3,(H,21,22). The molecule has 1 N–H and O–H groups in total. The van der Waals surface area contributed by atoms with Crippen LogP contribution < -0.4 is 0 Å². The van der Waals surface area contributed by atoms with E-state index in [9.17, 15) is 23.1 Å². The van der Waals surface area contributed by atoms with E-state index in [1.54, 1.807) is 11.0 Å². The maximum absolute atomic E-state index is 13.0. The molecule has 1 fully saturated rings. The van der Waals surface area contributed by atoms with Gasteiger partial charge in [0.05, 0.1) is 12.1 Å². The Balaban J connectivity index is 1.74. The van der Waals surface area contributed by atoms with Crippen molar-refractivity contribution in [3.8, 4) is 0 Å². The van der Waals surface area contributed by atoms with Crippen molar-refractivity contribution in [2.24, 2.45) is 0 Å². The van der Waals surface area contributed by atoms with Crippen molar-refractivity contribution in [1.82, 2.24) is 14.4 Å². The summed E-state index contributed by atoms with van der Waals surface area (Å²) in [6.45, 7) is 3.37. The number of hydrogen-bond acceptors (Lipinski definition) is 7. The van der Waals surface area contributed by atoms with E-state index in [1.807, 2.05) is 0 Å². The minimum absolute atomic E-state index is 0.0365. The number of amides is 1. The molecule has 1 aliphatic heterocycles. The molecule has 0 bridgehead atoms. The number of piperazine rings is 1. The van der Waals surface area contributed by atoms with Crippen LogP contribution in [0, 0.1) is 13.8 Å². The van der Waals surface area contributed by atoms with Crippen LogP contribution in [0.4, 0.5) is 0 Å². The number of sulfonamides is 1. The molecule has 11 heteroatoms.